The average molecular weight is 179 g/mol. The molecule has 0 saturated carbocycles. The zero-order valence-corrected chi connectivity index (χ0v) is 9.44. The van der Waals surface area contributed by atoms with Crippen LogP contribution in [-0.4, -0.2) is 7.05 Å². The molecule has 0 aliphatic rings. The van der Waals surface area contributed by atoms with Gasteiger partial charge in [0.1, 0.15) is 0 Å². The van der Waals surface area contributed by atoms with E-state index in [1.165, 1.54) is 23.2 Å². The van der Waals surface area contributed by atoms with Crippen LogP contribution in [0.1, 0.15) is 31.4 Å². The second kappa shape index (κ2) is 6.53. The molecule has 0 radical (unpaired) electrons. The zero-order valence-electron chi connectivity index (χ0n) is 9.44. The molecule has 74 valence electrons. The maximum Gasteiger partial charge on any atom is 0.0342 e. The summed E-state index contributed by atoms with van der Waals surface area (Å²) in [7, 11) is 1.94. The van der Waals surface area contributed by atoms with E-state index in [1.807, 2.05) is 7.05 Å². The van der Waals surface area contributed by atoms with E-state index in [-0.39, 0.29) is 0 Å². The van der Waals surface area contributed by atoms with Crippen LogP contribution in [0.25, 0.3) is 0 Å². The molecule has 1 aromatic rings. The number of aryl methyl sites for hydroxylation is 2. The summed E-state index contributed by atoms with van der Waals surface area (Å²) in [6, 6.07) is 6.43. The van der Waals surface area contributed by atoms with Gasteiger partial charge in [-0.1, -0.05) is 26.3 Å². The fraction of sp³-hybridized carbons (Fsp3) is 0.500. The molecule has 0 aliphatic carbocycles. The molecule has 0 aliphatic heterocycles. The van der Waals surface area contributed by atoms with E-state index in [4.69, 9.17) is 0 Å². The van der Waals surface area contributed by atoms with Gasteiger partial charge in [0.2, 0.25) is 0 Å². The molecule has 0 heterocycles. The number of hydrogen-bond acceptors (Lipinski definition) is 1. The average Bonchev–Trinajstić information content (AvgIpc) is 2.04. The molecule has 0 unspecified atom stereocenters. The second-order valence-corrected chi connectivity index (χ2v) is 3.33. The number of anilines is 1. The van der Waals surface area contributed by atoms with Crippen molar-refractivity contribution in [2.45, 2.75) is 34.1 Å². The lowest BCUT2D eigenvalue weighted by molar-refractivity contribution is 1.09. The molecule has 0 spiro atoms. The van der Waals surface area contributed by atoms with Crippen LogP contribution in [0.3, 0.4) is 0 Å². The number of hydrogen-bond donors (Lipinski definition) is 1. The van der Waals surface area contributed by atoms with Gasteiger partial charge in [-0.25, -0.2) is 0 Å². The van der Waals surface area contributed by atoms with Crippen molar-refractivity contribution >= 4 is 5.69 Å². The Labute approximate surface area is 82.2 Å². The molecule has 1 rings (SSSR count). The molecule has 13 heavy (non-hydrogen) atoms. The SMILES string of the molecule is CCC.CNc1cc(C)cc(C)c1. The van der Waals surface area contributed by atoms with Gasteiger partial charge >= 0.3 is 0 Å². The summed E-state index contributed by atoms with van der Waals surface area (Å²) in [6.07, 6.45) is 1.25. The quantitative estimate of drug-likeness (QED) is 0.692. The predicted molar refractivity (Wildman–Crippen MR) is 61.4 cm³/mol. The van der Waals surface area contributed by atoms with E-state index >= 15 is 0 Å². The normalized spacial score (nSPS) is 8.69. The highest BCUT2D eigenvalue weighted by Crippen LogP contribution is 2.12. The monoisotopic (exact) mass is 179 g/mol. The minimum Gasteiger partial charge on any atom is -0.388 e. The van der Waals surface area contributed by atoms with E-state index in [2.05, 4.69) is 51.2 Å². The summed E-state index contributed by atoms with van der Waals surface area (Å²) in [5.74, 6) is 0. The van der Waals surface area contributed by atoms with Crippen molar-refractivity contribution in [1.82, 2.24) is 0 Å². The van der Waals surface area contributed by atoms with Gasteiger partial charge in [-0.05, 0) is 37.1 Å². The highest BCUT2D eigenvalue weighted by atomic mass is 14.8. The van der Waals surface area contributed by atoms with Gasteiger partial charge in [0.25, 0.3) is 0 Å². The van der Waals surface area contributed by atoms with Gasteiger partial charge in [-0.2, -0.15) is 0 Å². The maximum atomic E-state index is 3.11. The van der Waals surface area contributed by atoms with E-state index in [0.29, 0.717) is 0 Å². The summed E-state index contributed by atoms with van der Waals surface area (Å²) in [4.78, 5) is 0. The highest BCUT2D eigenvalue weighted by Gasteiger charge is 1.90. The molecule has 0 aromatic heterocycles. The van der Waals surface area contributed by atoms with Crippen molar-refractivity contribution in [3.05, 3.63) is 29.3 Å². The molecule has 1 nitrogen and oxygen atoms in total. The molecule has 1 aromatic carbocycles. The number of nitrogens with one attached hydrogen (secondary N) is 1. The van der Waals surface area contributed by atoms with Crippen LogP contribution in [0, 0.1) is 13.8 Å². The Kier molecular flexibility index (Phi) is 6.03. The molecule has 1 N–H and O–H groups in total. The lowest BCUT2D eigenvalue weighted by atomic mass is 10.1. The first-order chi connectivity index (χ1) is 6.13. The Morgan fingerprint density at radius 1 is 1.00 bits per heavy atom. The van der Waals surface area contributed by atoms with Crippen molar-refractivity contribution in [3.8, 4) is 0 Å². The smallest absolute Gasteiger partial charge is 0.0342 e. The molecule has 0 fully saturated rings. The van der Waals surface area contributed by atoms with Crippen LogP contribution in [0.2, 0.25) is 0 Å². The summed E-state index contributed by atoms with van der Waals surface area (Å²) in [5, 5.41) is 3.11. The van der Waals surface area contributed by atoms with Crippen LogP contribution in [0.15, 0.2) is 18.2 Å². The van der Waals surface area contributed by atoms with Crippen molar-refractivity contribution in [3.63, 3.8) is 0 Å². The minimum absolute atomic E-state index is 1.19. The van der Waals surface area contributed by atoms with Crippen molar-refractivity contribution < 1.29 is 0 Å². The van der Waals surface area contributed by atoms with E-state index in [0.717, 1.165) is 0 Å². The van der Waals surface area contributed by atoms with Gasteiger partial charge in [0, 0.05) is 12.7 Å². The first kappa shape index (κ1) is 12.0. The summed E-state index contributed by atoms with van der Waals surface area (Å²) in [5.41, 5.74) is 3.81. The molecule has 0 saturated heterocycles. The van der Waals surface area contributed by atoms with E-state index in [9.17, 15) is 0 Å². The third-order valence-corrected chi connectivity index (χ3v) is 1.51. The summed E-state index contributed by atoms with van der Waals surface area (Å²) in [6.45, 7) is 8.46. The van der Waals surface area contributed by atoms with Crippen LogP contribution >= 0.6 is 0 Å². The van der Waals surface area contributed by atoms with E-state index < -0.39 is 0 Å². The van der Waals surface area contributed by atoms with Crippen LogP contribution in [-0.2, 0) is 0 Å². The zero-order chi connectivity index (χ0) is 10.3. The topological polar surface area (TPSA) is 12.0 Å². The second-order valence-electron chi connectivity index (χ2n) is 3.33. The molecule has 0 bridgehead atoms. The Hall–Kier alpha value is -0.980. The van der Waals surface area contributed by atoms with E-state index in [1.54, 1.807) is 0 Å². The first-order valence-electron chi connectivity index (χ1n) is 4.90. The fourth-order valence-corrected chi connectivity index (χ4v) is 1.12. The third-order valence-electron chi connectivity index (χ3n) is 1.51. The van der Waals surface area contributed by atoms with Gasteiger partial charge in [0.15, 0.2) is 0 Å². The lowest BCUT2D eigenvalue weighted by Crippen LogP contribution is -1.88. The lowest BCUT2D eigenvalue weighted by Gasteiger charge is -2.02. The Morgan fingerprint density at radius 3 is 1.69 bits per heavy atom. The van der Waals surface area contributed by atoms with Gasteiger partial charge in [-0.3, -0.25) is 0 Å². The molecule has 0 amide bonds. The summed E-state index contributed by atoms with van der Waals surface area (Å²) < 4.78 is 0. The van der Waals surface area contributed by atoms with Crippen molar-refractivity contribution in [2.24, 2.45) is 0 Å². The number of benzene rings is 1. The van der Waals surface area contributed by atoms with Crippen LogP contribution in [0.5, 0.6) is 0 Å². The largest absolute Gasteiger partial charge is 0.388 e. The van der Waals surface area contributed by atoms with Gasteiger partial charge in [0.05, 0.1) is 0 Å². The van der Waals surface area contributed by atoms with Crippen molar-refractivity contribution in [2.75, 3.05) is 12.4 Å². The van der Waals surface area contributed by atoms with Gasteiger partial charge < -0.3 is 5.32 Å². The maximum absolute atomic E-state index is 3.11. The Morgan fingerprint density at radius 2 is 1.38 bits per heavy atom. The Balaban J connectivity index is 0.000000424. The third kappa shape index (κ3) is 5.29. The first-order valence-corrected chi connectivity index (χ1v) is 4.90. The highest BCUT2D eigenvalue weighted by molar-refractivity contribution is 5.47. The number of rotatable bonds is 1. The van der Waals surface area contributed by atoms with Crippen LogP contribution < -0.4 is 5.32 Å². The fourth-order valence-electron chi connectivity index (χ4n) is 1.12. The molecular formula is C12H21N. The summed E-state index contributed by atoms with van der Waals surface area (Å²) >= 11 is 0. The van der Waals surface area contributed by atoms with Crippen molar-refractivity contribution in [1.29, 1.82) is 0 Å². The molecule has 1 heteroatoms. The van der Waals surface area contributed by atoms with Crippen LogP contribution in [0.4, 0.5) is 5.69 Å². The standard InChI is InChI=1S/C9H13N.C3H8/c1-7-4-8(2)6-9(5-7)10-3;1-3-2/h4-6,10H,1-3H3;3H2,1-2H3. The van der Waals surface area contributed by atoms with Gasteiger partial charge in [-0.15, -0.1) is 0 Å². The molecule has 0 atom stereocenters. The molecular weight excluding hydrogens is 158 g/mol. The minimum atomic E-state index is 1.19. The Bertz CT molecular complexity index is 221. The predicted octanol–water partition coefficient (Wildman–Crippen LogP) is 3.76.